The van der Waals surface area contributed by atoms with Crippen molar-refractivity contribution in [2.45, 2.75) is 18.4 Å². The van der Waals surface area contributed by atoms with Gasteiger partial charge < -0.3 is 19.5 Å². The van der Waals surface area contributed by atoms with Gasteiger partial charge in [-0.25, -0.2) is 8.42 Å². The highest BCUT2D eigenvalue weighted by atomic mass is 32.2. The van der Waals surface area contributed by atoms with Gasteiger partial charge in [-0.2, -0.15) is 0 Å². The third kappa shape index (κ3) is 5.75. The van der Waals surface area contributed by atoms with E-state index in [1.165, 1.54) is 21.3 Å². The van der Waals surface area contributed by atoms with Crippen LogP contribution in [-0.2, 0) is 16.6 Å². The molecule has 0 saturated carbocycles. The molecule has 3 aromatic carbocycles. The molecule has 1 amide bonds. The summed E-state index contributed by atoms with van der Waals surface area (Å²) in [4.78, 5) is 12.7. The average molecular weight is 471 g/mol. The Morgan fingerprint density at radius 2 is 1.42 bits per heavy atom. The number of nitrogens with one attached hydrogen (secondary N) is 2. The maximum atomic E-state index is 12.6. The fraction of sp³-hybridized carbons (Fsp3) is 0.208. The van der Waals surface area contributed by atoms with Gasteiger partial charge >= 0.3 is 0 Å². The van der Waals surface area contributed by atoms with Crippen LogP contribution in [-0.4, -0.2) is 35.7 Å². The molecule has 0 aliphatic carbocycles. The molecule has 0 heterocycles. The normalized spacial score (nSPS) is 10.9. The van der Waals surface area contributed by atoms with Crippen molar-refractivity contribution in [1.82, 2.24) is 5.32 Å². The molecule has 0 fully saturated rings. The SMILES string of the molecule is COc1cc(CNC(=O)c2ccc(NS(=O)(=O)c3ccc(C)cc3)cc2)cc(OC)c1OC. The van der Waals surface area contributed by atoms with Crippen molar-refractivity contribution in [2.75, 3.05) is 26.1 Å². The molecule has 0 saturated heterocycles. The molecule has 9 heteroatoms. The van der Waals surface area contributed by atoms with Crippen LogP contribution in [0.5, 0.6) is 17.2 Å². The Balaban J connectivity index is 1.67. The summed E-state index contributed by atoms with van der Waals surface area (Å²) in [5.74, 6) is 1.15. The van der Waals surface area contributed by atoms with Crippen LogP contribution in [0.3, 0.4) is 0 Å². The summed E-state index contributed by atoms with van der Waals surface area (Å²) in [5.41, 5.74) is 2.48. The van der Waals surface area contributed by atoms with Gasteiger partial charge in [0.1, 0.15) is 0 Å². The second-order valence-electron chi connectivity index (χ2n) is 7.21. The van der Waals surface area contributed by atoms with E-state index in [2.05, 4.69) is 10.0 Å². The smallest absolute Gasteiger partial charge is 0.261 e. The standard InChI is InChI=1S/C24H26N2O6S/c1-16-5-11-20(12-6-16)33(28,29)26-19-9-7-18(8-10-19)24(27)25-15-17-13-21(30-2)23(32-4)22(14-17)31-3/h5-14,26H,15H2,1-4H3,(H,25,27). The van der Waals surface area contributed by atoms with Gasteiger partial charge in [-0.3, -0.25) is 9.52 Å². The van der Waals surface area contributed by atoms with E-state index in [4.69, 9.17) is 14.2 Å². The lowest BCUT2D eigenvalue weighted by Crippen LogP contribution is -2.23. The van der Waals surface area contributed by atoms with Gasteiger partial charge in [-0.1, -0.05) is 17.7 Å². The molecule has 3 rings (SSSR count). The van der Waals surface area contributed by atoms with Gasteiger partial charge in [0.2, 0.25) is 5.75 Å². The van der Waals surface area contributed by atoms with Gasteiger partial charge in [0, 0.05) is 17.8 Å². The Morgan fingerprint density at radius 1 is 0.848 bits per heavy atom. The van der Waals surface area contributed by atoms with Gasteiger partial charge in [0.25, 0.3) is 15.9 Å². The second-order valence-corrected chi connectivity index (χ2v) is 8.89. The number of methoxy groups -OCH3 is 3. The number of carbonyl (C=O) groups excluding carboxylic acids is 1. The first-order chi connectivity index (χ1) is 15.8. The van der Waals surface area contributed by atoms with E-state index >= 15 is 0 Å². The number of hydrogen-bond acceptors (Lipinski definition) is 6. The molecule has 0 unspecified atom stereocenters. The van der Waals surface area contributed by atoms with Crippen LogP contribution in [0.15, 0.2) is 65.6 Å². The third-order valence-electron chi connectivity index (χ3n) is 4.91. The Morgan fingerprint density at radius 3 is 1.94 bits per heavy atom. The van der Waals surface area contributed by atoms with Crippen molar-refractivity contribution in [1.29, 1.82) is 0 Å². The molecular formula is C24H26N2O6S. The average Bonchev–Trinajstić information content (AvgIpc) is 2.82. The quantitative estimate of drug-likeness (QED) is 0.494. The molecule has 3 aromatic rings. The summed E-state index contributed by atoms with van der Waals surface area (Å²) in [6, 6.07) is 16.3. The molecule has 0 bridgehead atoms. The number of ether oxygens (including phenoxy) is 3. The van der Waals surface area contributed by atoms with Crippen molar-refractivity contribution in [3.63, 3.8) is 0 Å². The number of amides is 1. The van der Waals surface area contributed by atoms with E-state index in [0.29, 0.717) is 28.5 Å². The van der Waals surface area contributed by atoms with Crippen molar-refractivity contribution < 1.29 is 27.4 Å². The summed E-state index contributed by atoms with van der Waals surface area (Å²) in [6.45, 7) is 2.12. The Bertz CT molecular complexity index is 1200. The summed E-state index contributed by atoms with van der Waals surface area (Å²) < 4.78 is 43.5. The maximum absolute atomic E-state index is 12.6. The lowest BCUT2D eigenvalue weighted by atomic mass is 10.1. The van der Waals surface area contributed by atoms with Crippen LogP contribution in [0, 0.1) is 6.92 Å². The zero-order valence-electron chi connectivity index (χ0n) is 18.8. The molecule has 0 aliphatic rings. The third-order valence-corrected chi connectivity index (χ3v) is 6.31. The maximum Gasteiger partial charge on any atom is 0.261 e. The van der Waals surface area contributed by atoms with Crippen molar-refractivity contribution in [2.24, 2.45) is 0 Å². The van der Waals surface area contributed by atoms with Crippen LogP contribution in [0.1, 0.15) is 21.5 Å². The minimum absolute atomic E-state index is 0.167. The zero-order chi connectivity index (χ0) is 24.0. The molecule has 33 heavy (non-hydrogen) atoms. The number of hydrogen-bond donors (Lipinski definition) is 2. The van der Waals surface area contributed by atoms with Crippen LogP contribution >= 0.6 is 0 Å². The summed E-state index contributed by atoms with van der Waals surface area (Å²) in [7, 11) is 0.851. The van der Waals surface area contributed by atoms with Crippen LogP contribution < -0.4 is 24.2 Å². The molecule has 174 valence electrons. The van der Waals surface area contributed by atoms with E-state index in [1.54, 1.807) is 60.7 Å². The summed E-state index contributed by atoms with van der Waals surface area (Å²) >= 11 is 0. The highest BCUT2D eigenvalue weighted by molar-refractivity contribution is 7.92. The van der Waals surface area contributed by atoms with Crippen molar-refractivity contribution in [3.8, 4) is 17.2 Å². The van der Waals surface area contributed by atoms with Gasteiger partial charge in [-0.05, 0) is 61.0 Å². The predicted molar refractivity (Wildman–Crippen MR) is 126 cm³/mol. The summed E-state index contributed by atoms with van der Waals surface area (Å²) in [6.07, 6.45) is 0. The summed E-state index contributed by atoms with van der Waals surface area (Å²) in [5, 5.41) is 2.82. The van der Waals surface area contributed by atoms with E-state index in [-0.39, 0.29) is 17.3 Å². The van der Waals surface area contributed by atoms with Crippen molar-refractivity contribution >= 4 is 21.6 Å². The minimum Gasteiger partial charge on any atom is -0.493 e. The minimum atomic E-state index is -3.71. The Kier molecular flexibility index (Phi) is 7.44. The monoisotopic (exact) mass is 470 g/mol. The highest BCUT2D eigenvalue weighted by Gasteiger charge is 2.16. The lowest BCUT2D eigenvalue weighted by molar-refractivity contribution is 0.0951. The highest BCUT2D eigenvalue weighted by Crippen LogP contribution is 2.38. The zero-order valence-corrected chi connectivity index (χ0v) is 19.7. The topological polar surface area (TPSA) is 103 Å². The van der Waals surface area contributed by atoms with E-state index in [9.17, 15) is 13.2 Å². The van der Waals surface area contributed by atoms with Gasteiger partial charge in [0.05, 0.1) is 26.2 Å². The molecule has 0 spiro atoms. The number of sulfonamides is 1. The Labute approximate surface area is 193 Å². The molecule has 0 aromatic heterocycles. The van der Waals surface area contributed by atoms with Gasteiger partial charge in [0.15, 0.2) is 11.5 Å². The molecule has 0 aliphatic heterocycles. The molecule has 8 nitrogen and oxygen atoms in total. The second kappa shape index (κ2) is 10.3. The van der Waals surface area contributed by atoms with Crippen molar-refractivity contribution in [3.05, 3.63) is 77.4 Å². The predicted octanol–water partition coefficient (Wildman–Crippen LogP) is 3.75. The van der Waals surface area contributed by atoms with E-state index < -0.39 is 10.0 Å². The van der Waals surface area contributed by atoms with Gasteiger partial charge in [-0.15, -0.1) is 0 Å². The lowest BCUT2D eigenvalue weighted by Gasteiger charge is -2.14. The molecule has 2 N–H and O–H groups in total. The van der Waals surface area contributed by atoms with E-state index in [1.807, 2.05) is 6.92 Å². The first-order valence-electron chi connectivity index (χ1n) is 10.0. The van der Waals surface area contributed by atoms with Crippen LogP contribution in [0.2, 0.25) is 0 Å². The number of carbonyl (C=O) groups is 1. The molecule has 0 atom stereocenters. The number of rotatable bonds is 9. The van der Waals surface area contributed by atoms with Crippen LogP contribution in [0.25, 0.3) is 0 Å². The fourth-order valence-electron chi connectivity index (χ4n) is 3.14. The largest absolute Gasteiger partial charge is 0.493 e. The number of anilines is 1. The van der Waals surface area contributed by atoms with E-state index in [0.717, 1.165) is 11.1 Å². The molecule has 0 radical (unpaired) electrons. The number of benzene rings is 3. The first kappa shape index (κ1) is 23.9. The molecular weight excluding hydrogens is 444 g/mol. The number of aryl methyl sites for hydroxylation is 1. The fourth-order valence-corrected chi connectivity index (χ4v) is 4.20. The Hall–Kier alpha value is -3.72. The van der Waals surface area contributed by atoms with Crippen LogP contribution in [0.4, 0.5) is 5.69 Å². The first-order valence-corrected chi connectivity index (χ1v) is 11.5.